The molecule has 2 aromatic rings. The summed E-state index contributed by atoms with van der Waals surface area (Å²) in [5, 5.41) is 2.66. The van der Waals surface area contributed by atoms with Crippen LogP contribution in [0.1, 0.15) is 20.7 Å². The molecular weight excluding hydrogens is 356 g/mol. The van der Waals surface area contributed by atoms with Gasteiger partial charge in [0.05, 0.1) is 17.6 Å². The maximum Gasteiger partial charge on any atom is 0.257 e. The van der Waals surface area contributed by atoms with Gasteiger partial charge in [0.15, 0.2) is 9.84 Å². The molecule has 7 nitrogen and oxygen atoms in total. The van der Waals surface area contributed by atoms with Gasteiger partial charge in [-0.25, -0.2) is 8.42 Å². The molecular formula is C18H20N2O5S. The molecule has 0 aliphatic carbocycles. The lowest BCUT2D eigenvalue weighted by molar-refractivity contribution is 0.0824. The second kappa shape index (κ2) is 7.57. The van der Waals surface area contributed by atoms with Crippen molar-refractivity contribution in [2.45, 2.75) is 4.90 Å². The summed E-state index contributed by atoms with van der Waals surface area (Å²) in [6.45, 7) is 0. The van der Waals surface area contributed by atoms with Gasteiger partial charge < -0.3 is 15.0 Å². The Morgan fingerprint density at radius 1 is 1.08 bits per heavy atom. The van der Waals surface area contributed by atoms with Crippen LogP contribution in [0.4, 0.5) is 5.69 Å². The van der Waals surface area contributed by atoms with Gasteiger partial charge in [-0.1, -0.05) is 6.07 Å². The lowest BCUT2D eigenvalue weighted by Crippen LogP contribution is -2.22. The van der Waals surface area contributed by atoms with E-state index in [1.165, 1.54) is 42.3 Å². The van der Waals surface area contributed by atoms with E-state index in [2.05, 4.69) is 5.32 Å². The lowest BCUT2D eigenvalue weighted by atomic mass is 10.1. The Kier molecular flexibility index (Phi) is 5.66. The molecule has 8 heteroatoms. The number of rotatable bonds is 5. The van der Waals surface area contributed by atoms with E-state index in [4.69, 9.17) is 4.74 Å². The number of hydrogen-bond acceptors (Lipinski definition) is 5. The van der Waals surface area contributed by atoms with Crippen LogP contribution in [0.3, 0.4) is 0 Å². The first-order valence-electron chi connectivity index (χ1n) is 7.64. The van der Waals surface area contributed by atoms with Crippen molar-refractivity contribution in [3.8, 4) is 5.75 Å². The summed E-state index contributed by atoms with van der Waals surface area (Å²) < 4.78 is 28.5. The molecule has 0 heterocycles. The lowest BCUT2D eigenvalue weighted by Gasteiger charge is -2.15. The van der Waals surface area contributed by atoms with Crippen molar-refractivity contribution in [2.24, 2.45) is 0 Å². The first-order chi connectivity index (χ1) is 12.1. The van der Waals surface area contributed by atoms with Gasteiger partial charge in [0.2, 0.25) is 0 Å². The average Bonchev–Trinajstić information content (AvgIpc) is 2.60. The number of nitrogens with zero attached hydrogens (tertiary/aromatic N) is 1. The normalized spacial score (nSPS) is 10.9. The minimum Gasteiger partial charge on any atom is -0.496 e. The van der Waals surface area contributed by atoms with E-state index in [1.807, 2.05) is 0 Å². The Labute approximate surface area is 152 Å². The number of carbonyl (C=O) groups is 2. The second-order valence-corrected chi connectivity index (χ2v) is 7.88. The number of hydrogen-bond donors (Lipinski definition) is 1. The maximum atomic E-state index is 12.4. The zero-order chi connectivity index (χ0) is 19.5. The van der Waals surface area contributed by atoms with E-state index in [1.54, 1.807) is 26.2 Å². The summed E-state index contributed by atoms with van der Waals surface area (Å²) in [7, 11) is 1.27. The van der Waals surface area contributed by atoms with Crippen LogP contribution < -0.4 is 10.1 Å². The molecule has 2 amide bonds. The monoisotopic (exact) mass is 376 g/mol. The summed E-state index contributed by atoms with van der Waals surface area (Å²) in [5.74, 6) is -0.360. The van der Waals surface area contributed by atoms with Gasteiger partial charge in [0.25, 0.3) is 11.8 Å². The van der Waals surface area contributed by atoms with Crippen molar-refractivity contribution >= 4 is 27.3 Å². The van der Waals surface area contributed by atoms with Crippen LogP contribution >= 0.6 is 0 Å². The largest absolute Gasteiger partial charge is 0.496 e. The average molecular weight is 376 g/mol. The van der Waals surface area contributed by atoms with Crippen molar-refractivity contribution in [2.75, 3.05) is 32.8 Å². The van der Waals surface area contributed by atoms with Gasteiger partial charge in [-0.05, 0) is 36.4 Å². The van der Waals surface area contributed by atoms with Crippen molar-refractivity contribution in [3.63, 3.8) is 0 Å². The third-order valence-electron chi connectivity index (χ3n) is 3.62. The van der Waals surface area contributed by atoms with Gasteiger partial charge in [0.1, 0.15) is 5.75 Å². The quantitative estimate of drug-likeness (QED) is 0.862. The van der Waals surface area contributed by atoms with Crippen molar-refractivity contribution in [3.05, 3.63) is 53.6 Å². The molecule has 0 fully saturated rings. The molecule has 26 heavy (non-hydrogen) atoms. The molecule has 0 bridgehead atoms. The number of benzene rings is 2. The summed E-state index contributed by atoms with van der Waals surface area (Å²) in [6.07, 6.45) is 1.08. The summed E-state index contributed by atoms with van der Waals surface area (Å²) in [6, 6.07) is 10.4. The maximum absolute atomic E-state index is 12.4. The topological polar surface area (TPSA) is 92.8 Å². The third-order valence-corrected chi connectivity index (χ3v) is 4.73. The van der Waals surface area contributed by atoms with Crippen LogP contribution in [0.15, 0.2) is 47.4 Å². The van der Waals surface area contributed by atoms with Crippen molar-refractivity contribution in [1.82, 2.24) is 4.90 Å². The standard InChI is InChI=1S/C18H20N2O5S/c1-20(2)18(22)15-11-13(8-9-16(15)25-3)19-17(21)12-6-5-7-14(10-12)26(4,23)24/h5-11H,1-4H3,(H,19,21). The Morgan fingerprint density at radius 2 is 1.77 bits per heavy atom. The van der Waals surface area contributed by atoms with Crippen LogP contribution in [0.5, 0.6) is 5.75 Å². The van der Waals surface area contributed by atoms with Gasteiger partial charge >= 0.3 is 0 Å². The molecule has 0 radical (unpaired) electrons. The number of anilines is 1. The minimum absolute atomic E-state index is 0.0587. The molecule has 2 aromatic carbocycles. The van der Waals surface area contributed by atoms with Crippen LogP contribution in [-0.2, 0) is 9.84 Å². The fourth-order valence-corrected chi connectivity index (χ4v) is 2.93. The first-order valence-corrected chi connectivity index (χ1v) is 9.54. The third kappa shape index (κ3) is 4.40. The smallest absolute Gasteiger partial charge is 0.257 e. The molecule has 0 unspecified atom stereocenters. The van der Waals surface area contributed by atoms with Crippen LogP contribution in [-0.4, -0.2) is 52.6 Å². The first kappa shape index (κ1) is 19.5. The van der Waals surface area contributed by atoms with Crippen LogP contribution in [0.25, 0.3) is 0 Å². The highest BCUT2D eigenvalue weighted by Gasteiger charge is 2.17. The predicted molar refractivity (Wildman–Crippen MR) is 98.5 cm³/mol. The van der Waals surface area contributed by atoms with E-state index in [-0.39, 0.29) is 16.4 Å². The van der Waals surface area contributed by atoms with E-state index < -0.39 is 15.7 Å². The predicted octanol–water partition coefficient (Wildman–Crippen LogP) is 2.05. The summed E-state index contributed by atoms with van der Waals surface area (Å²) in [4.78, 5) is 26.1. The Morgan fingerprint density at radius 3 is 2.35 bits per heavy atom. The van der Waals surface area contributed by atoms with Crippen LogP contribution in [0.2, 0.25) is 0 Å². The molecule has 0 aliphatic rings. The zero-order valence-electron chi connectivity index (χ0n) is 14.9. The number of carbonyl (C=O) groups excluding carboxylic acids is 2. The molecule has 0 aliphatic heterocycles. The van der Waals surface area contributed by atoms with Gasteiger partial charge in [-0.2, -0.15) is 0 Å². The highest BCUT2D eigenvalue weighted by atomic mass is 32.2. The molecule has 1 N–H and O–H groups in total. The highest BCUT2D eigenvalue weighted by Crippen LogP contribution is 2.24. The number of sulfone groups is 1. The Bertz CT molecular complexity index is 952. The van der Waals surface area contributed by atoms with E-state index in [0.29, 0.717) is 17.0 Å². The molecule has 138 valence electrons. The van der Waals surface area contributed by atoms with E-state index in [9.17, 15) is 18.0 Å². The number of methoxy groups -OCH3 is 1. The van der Waals surface area contributed by atoms with Gasteiger partial charge in [0, 0.05) is 31.6 Å². The molecule has 0 saturated heterocycles. The van der Waals surface area contributed by atoms with Gasteiger partial charge in [-0.15, -0.1) is 0 Å². The van der Waals surface area contributed by atoms with Crippen molar-refractivity contribution in [1.29, 1.82) is 0 Å². The summed E-state index contributed by atoms with van der Waals surface area (Å²) >= 11 is 0. The minimum atomic E-state index is -3.41. The number of nitrogens with one attached hydrogen (secondary N) is 1. The SMILES string of the molecule is COc1ccc(NC(=O)c2cccc(S(C)(=O)=O)c2)cc1C(=O)N(C)C. The highest BCUT2D eigenvalue weighted by molar-refractivity contribution is 7.90. The van der Waals surface area contributed by atoms with Gasteiger partial charge in [-0.3, -0.25) is 9.59 Å². The number of amides is 2. The molecule has 2 rings (SSSR count). The fraction of sp³-hybridized carbons (Fsp3) is 0.222. The Balaban J connectivity index is 2.32. The number of ether oxygens (including phenoxy) is 1. The van der Waals surface area contributed by atoms with Crippen LogP contribution in [0, 0.1) is 0 Å². The zero-order valence-corrected chi connectivity index (χ0v) is 15.8. The molecule has 0 saturated carbocycles. The second-order valence-electron chi connectivity index (χ2n) is 5.87. The fourth-order valence-electron chi connectivity index (χ4n) is 2.27. The molecule has 0 spiro atoms. The van der Waals surface area contributed by atoms with E-state index in [0.717, 1.165) is 6.26 Å². The van der Waals surface area contributed by atoms with Crippen molar-refractivity contribution < 1.29 is 22.7 Å². The molecule has 0 atom stereocenters. The summed E-state index contributed by atoms with van der Waals surface area (Å²) in [5.41, 5.74) is 0.898. The van der Waals surface area contributed by atoms with E-state index >= 15 is 0 Å². The Hall–Kier alpha value is -2.87. The molecule has 0 aromatic heterocycles.